The standard InChI is InChI=1S/C17H35N5/c1-4-18-17(20-16-8-6-5-7-9-16)19-14-15(2)22-12-10-21(3)11-13-22/h15-16H,4-14H2,1-3H3,(H2,18,19,20). The number of nitrogens with one attached hydrogen (secondary N) is 2. The highest BCUT2D eigenvalue weighted by atomic mass is 15.3. The molecule has 2 fully saturated rings. The Morgan fingerprint density at radius 3 is 2.45 bits per heavy atom. The van der Waals surface area contributed by atoms with Crippen molar-refractivity contribution < 1.29 is 0 Å². The van der Waals surface area contributed by atoms with Crippen LogP contribution >= 0.6 is 0 Å². The molecule has 1 aliphatic heterocycles. The molecule has 0 aromatic carbocycles. The zero-order valence-electron chi connectivity index (χ0n) is 14.8. The number of rotatable bonds is 5. The number of aliphatic imine (C=N–C) groups is 1. The fourth-order valence-electron chi connectivity index (χ4n) is 3.36. The smallest absolute Gasteiger partial charge is 0.191 e. The first kappa shape index (κ1) is 17.5. The minimum atomic E-state index is 0.524. The fraction of sp³-hybridized carbons (Fsp3) is 0.941. The maximum Gasteiger partial charge on any atom is 0.191 e. The van der Waals surface area contributed by atoms with Crippen molar-refractivity contribution in [3.05, 3.63) is 0 Å². The topological polar surface area (TPSA) is 42.9 Å². The minimum Gasteiger partial charge on any atom is -0.357 e. The number of piperazine rings is 1. The van der Waals surface area contributed by atoms with Crippen molar-refractivity contribution in [2.75, 3.05) is 46.3 Å². The first-order chi connectivity index (χ1) is 10.7. The van der Waals surface area contributed by atoms with Gasteiger partial charge in [0.2, 0.25) is 0 Å². The summed E-state index contributed by atoms with van der Waals surface area (Å²) in [5, 5.41) is 7.04. The van der Waals surface area contributed by atoms with E-state index in [1.54, 1.807) is 0 Å². The number of nitrogens with zero attached hydrogens (tertiary/aromatic N) is 3. The van der Waals surface area contributed by atoms with Crippen molar-refractivity contribution in [1.82, 2.24) is 20.4 Å². The van der Waals surface area contributed by atoms with E-state index in [1.165, 1.54) is 58.3 Å². The molecule has 1 aliphatic carbocycles. The molecule has 0 aromatic rings. The van der Waals surface area contributed by atoms with Gasteiger partial charge < -0.3 is 15.5 Å². The molecule has 0 radical (unpaired) electrons. The maximum atomic E-state index is 4.84. The molecule has 2 aliphatic rings. The summed E-state index contributed by atoms with van der Waals surface area (Å²) in [6.07, 6.45) is 6.69. The van der Waals surface area contributed by atoms with Crippen LogP contribution < -0.4 is 10.6 Å². The van der Waals surface area contributed by atoms with Crippen LogP contribution in [0.5, 0.6) is 0 Å². The summed E-state index contributed by atoms with van der Waals surface area (Å²) in [4.78, 5) is 9.81. The lowest BCUT2D eigenvalue weighted by molar-refractivity contribution is 0.122. The monoisotopic (exact) mass is 309 g/mol. The zero-order valence-corrected chi connectivity index (χ0v) is 14.8. The van der Waals surface area contributed by atoms with Crippen LogP contribution in [0.2, 0.25) is 0 Å². The van der Waals surface area contributed by atoms with Crippen LogP contribution in [0.25, 0.3) is 0 Å². The lowest BCUT2D eigenvalue weighted by Gasteiger charge is -2.36. The first-order valence-corrected chi connectivity index (χ1v) is 9.16. The highest BCUT2D eigenvalue weighted by molar-refractivity contribution is 5.80. The molecule has 1 atom stereocenters. The van der Waals surface area contributed by atoms with Gasteiger partial charge in [-0.1, -0.05) is 19.3 Å². The van der Waals surface area contributed by atoms with E-state index >= 15 is 0 Å². The summed E-state index contributed by atoms with van der Waals surface area (Å²) in [5.74, 6) is 1.01. The Kier molecular flexibility index (Phi) is 7.46. The summed E-state index contributed by atoms with van der Waals surface area (Å²) in [6, 6.07) is 1.14. The second-order valence-corrected chi connectivity index (χ2v) is 6.89. The Morgan fingerprint density at radius 2 is 1.82 bits per heavy atom. The van der Waals surface area contributed by atoms with Gasteiger partial charge in [-0.2, -0.15) is 0 Å². The molecule has 0 spiro atoms. The van der Waals surface area contributed by atoms with Gasteiger partial charge in [0.1, 0.15) is 0 Å². The number of likely N-dealkylation sites (N-methyl/N-ethyl adjacent to an activating group) is 1. The summed E-state index contributed by atoms with van der Waals surface area (Å²) >= 11 is 0. The Hall–Kier alpha value is -0.810. The van der Waals surface area contributed by atoms with Gasteiger partial charge in [-0.3, -0.25) is 9.89 Å². The lowest BCUT2D eigenvalue weighted by atomic mass is 9.96. The van der Waals surface area contributed by atoms with Crippen molar-refractivity contribution in [3.63, 3.8) is 0 Å². The van der Waals surface area contributed by atoms with E-state index in [2.05, 4.69) is 41.3 Å². The van der Waals surface area contributed by atoms with Gasteiger partial charge >= 0.3 is 0 Å². The third kappa shape index (κ3) is 5.76. The SMILES string of the molecule is CCNC(=NCC(C)N1CCN(C)CC1)NC1CCCCC1. The third-order valence-electron chi connectivity index (χ3n) is 4.97. The molecule has 2 N–H and O–H groups in total. The quantitative estimate of drug-likeness (QED) is 0.597. The van der Waals surface area contributed by atoms with E-state index in [0.29, 0.717) is 12.1 Å². The molecule has 0 bridgehead atoms. The van der Waals surface area contributed by atoms with Crippen LogP contribution in [0.3, 0.4) is 0 Å². The van der Waals surface area contributed by atoms with Crippen LogP contribution in [-0.4, -0.2) is 74.2 Å². The summed E-state index contributed by atoms with van der Waals surface area (Å²) < 4.78 is 0. The average molecular weight is 310 g/mol. The molecule has 128 valence electrons. The molecule has 22 heavy (non-hydrogen) atoms. The normalized spacial score (nSPS) is 24.2. The first-order valence-electron chi connectivity index (χ1n) is 9.16. The molecule has 1 heterocycles. The van der Waals surface area contributed by atoms with Gasteiger partial charge in [-0.25, -0.2) is 0 Å². The minimum absolute atomic E-state index is 0.524. The van der Waals surface area contributed by atoms with Crippen molar-refractivity contribution in [2.24, 2.45) is 4.99 Å². The van der Waals surface area contributed by atoms with Crippen molar-refractivity contribution in [1.29, 1.82) is 0 Å². The van der Waals surface area contributed by atoms with Crippen LogP contribution in [0.1, 0.15) is 46.0 Å². The van der Waals surface area contributed by atoms with Crippen LogP contribution in [0.15, 0.2) is 4.99 Å². The van der Waals surface area contributed by atoms with Crippen LogP contribution in [-0.2, 0) is 0 Å². The molecule has 0 aromatic heterocycles. The van der Waals surface area contributed by atoms with Gasteiger partial charge in [-0.05, 0) is 33.7 Å². The molecule has 5 nitrogen and oxygen atoms in total. The van der Waals surface area contributed by atoms with Crippen LogP contribution in [0, 0.1) is 0 Å². The second kappa shape index (κ2) is 9.36. The van der Waals surface area contributed by atoms with E-state index in [-0.39, 0.29) is 0 Å². The van der Waals surface area contributed by atoms with E-state index in [1.807, 2.05) is 0 Å². The molecule has 1 saturated heterocycles. The van der Waals surface area contributed by atoms with Crippen molar-refractivity contribution in [3.8, 4) is 0 Å². The van der Waals surface area contributed by atoms with Gasteiger partial charge in [0, 0.05) is 44.8 Å². The van der Waals surface area contributed by atoms with E-state index in [0.717, 1.165) is 19.0 Å². The predicted octanol–water partition coefficient (Wildman–Crippen LogP) is 1.51. The second-order valence-electron chi connectivity index (χ2n) is 6.89. The molecule has 2 rings (SSSR count). The summed E-state index contributed by atoms with van der Waals surface area (Å²) in [6.45, 7) is 10.9. The Bertz CT molecular complexity index is 330. The van der Waals surface area contributed by atoms with E-state index in [9.17, 15) is 0 Å². The molecule has 0 amide bonds. The van der Waals surface area contributed by atoms with Crippen LogP contribution in [0.4, 0.5) is 0 Å². The Morgan fingerprint density at radius 1 is 1.14 bits per heavy atom. The molecule has 1 saturated carbocycles. The number of hydrogen-bond acceptors (Lipinski definition) is 3. The highest BCUT2D eigenvalue weighted by Crippen LogP contribution is 2.17. The van der Waals surface area contributed by atoms with Gasteiger partial charge in [-0.15, -0.1) is 0 Å². The van der Waals surface area contributed by atoms with E-state index in [4.69, 9.17) is 4.99 Å². The zero-order chi connectivity index (χ0) is 15.8. The summed E-state index contributed by atoms with van der Waals surface area (Å²) in [7, 11) is 2.21. The fourth-order valence-corrected chi connectivity index (χ4v) is 3.36. The van der Waals surface area contributed by atoms with Crippen molar-refractivity contribution >= 4 is 5.96 Å². The highest BCUT2D eigenvalue weighted by Gasteiger charge is 2.19. The Labute approximate surface area is 136 Å². The Balaban J connectivity index is 1.80. The number of hydrogen-bond donors (Lipinski definition) is 2. The lowest BCUT2D eigenvalue weighted by Crippen LogP contribution is -2.49. The molecule has 5 heteroatoms. The van der Waals surface area contributed by atoms with Crippen molar-refractivity contribution in [2.45, 2.75) is 58.0 Å². The third-order valence-corrected chi connectivity index (χ3v) is 4.97. The number of guanidine groups is 1. The predicted molar refractivity (Wildman–Crippen MR) is 94.5 cm³/mol. The summed E-state index contributed by atoms with van der Waals surface area (Å²) in [5.41, 5.74) is 0. The maximum absolute atomic E-state index is 4.84. The van der Waals surface area contributed by atoms with Gasteiger partial charge in [0.05, 0.1) is 6.54 Å². The molecular formula is C17H35N5. The molecular weight excluding hydrogens is 274 g/mol. The molecule has 1 unspecified atom stereocenters. The average Bonchev–Trinajstić information content (AvgIpc) is 2.54. The van der Waals surface area contributed by atoms with Gasteiger partial charge in [0.15, 0.2) is 5.96 Å². The van der Waals surface area contributed by atoms with Gasteiger partial charge in [0.25, 0.3) is 0 Å². The largest absolute Gasteiger partial charge is 0.357 e. The van der Waals surface area contributed by atoms with E-state index < -0.39 is 0 Å².